The number of alkyl halides is 1. The highest BCUT2D eigenvalue weighted by Gasteiger charge is 2.41. The fraction of sp³-hybridized carbons (Fsp3) is 0.394. The predicted molar refractivity (Wildman–Crippen MR) is 156 cm³/mol. The van der Waals surface area contributed by atoms with Crippen molar-refractivity contribution in [3.63, 3.8) is 0 Å². The number of aromatic nitrogens is 2. The Labute approximate surface area is 249 Å². The van der Waals surface area contributed by atoms with Crippen LogP contribution in [0, 0.1) is 11.6 Å². The number of rotatable bonds is 11. The molecule has 2 aromatic heterocycles. The molecule has 0 radical (unpaired) electrons. The van der Waals surface area contributed by atoms with Gasteiger partial charge in [0.25, 0.3) is 0 Å². The number of carbonyl (C=O) groups excluding carboxylic acids is 1. The normalized spacial score (nSPS) is 17.2. The molecule has 4 aromatic rings. The maximum absolute atomic E-state index is 15.9. The van der Waals surface area contributed by atoms with Crippen LogP contribution in [-0.2, 0) is 33.9 Å². The molecular weight excluding hydrogens is 559 g/mol. The number of carbonyl (C=O) groups is 1. The van der Waals surface area contributed by atoms with Gasteiger partial charge in [0.2, 0.25) is 0 Å². The van der Waals surface area contributed by atoms with Gasteiger partial charge in [-0.1, -0.05) is 24.3 Å². The lowest BCUT2D eigenvalue weighted by atomic mass is 9.87. The average Bonchev–Trinajstić information content (AvgIpc) is 3.31. The van der Waals surface area contributed by atoms with Crippen LogP contribution in [0.2, 0.25) is 0 Å². The van der Waals surface area contributed by atoms with Crippen molar-refractivity contribution >= 4 is 16.9 Å². The van der Waals surface area contributed by atoms with E-state index >= 15 is 8.78 Å². The zero-order valence-electron chi connectivity index (χ0n) is 24.8. The minimum Gasteiger partial charge on any atom is -0.487 e. The number of ether oxygens (including phenoxy) is 3. The molecule has 0 fully saturated rings. The first-order valence-corrected chi connectivity index (χ1v) is 14.4. The van der Waals surface area contributed by atoms with Gasteiger partial charge in [0, 0.05) is 53.1 Å². The topological polar surface area (TPSA) is 76.7 Å². The average molecular weight is 596 g/mol. The number of esters is 1. The fourth-order valence-corrected chi connectivity index (χ4v) is 5.64. The number of H-pyrrole nitrogens is 1. The molecule has 0 saturated carbocycles. The lowest BCUT2D eigenvalue weighted by molar-refractivity contribution is -0.148. The van der Waals surface area contributed by atoms with Crippen LogP contribution >= 0.6 is 0 Å². The largest absolute Gasteiger partial charge is 0.487 e. The van der Waals surface area contributed by atoms with Crippen LogP contribution < -0.4 is 4.74 Å². The summed E-state index contributed by atoms with van der Waals surface area (Å²) >= 11 is 0. The van der Waals surface area contributed by atoms with E-state index in [0.717, 1.165) is 34.2 Å². The molecule has 0 spiro atoms. The molecular formula is C33H36F3N3O4. The van der Waals surface area contributed by atoms with E-state index in [1.165, 1.54) is 13.8 Å². The van der Waals surface area contributed by atoms with Crippen LogP contribution in [0.1, 0.15) is 61.8 Å². The number of fused-ring (bicyclic) bond motifs is 3. The third-order valence-electron chi connectivity index (χ3n) is 7.47. The maximum atomic E-state index is 15.9. The molecule has 0 bridgehead atoms. The van der Waals surface area contributed by atoms with Crippen LogP contribution in [0.5, 0.6) is 5.75 Å². The second-order valence-corrected chi connectivity index (χ2v) is 11.5. The maximum Gasteiger partial charge on any atom is 0.332 e. The number of halogens is 3. The summed E-state index contributed by atoms with van der Waals surface area (Å²) in [6.07, 6.45) is 2.21. The number of hydrogen-bond acceptors (Lipinski definition) is 6. The number of pyridine rings is 1. The molecule has 0 saturated heterocycles. The third kappa shape index (κ3) is 7.02. The molecule has 228 valence electrons. The smallest absolute Gasteiger partial charge is 0.332 e. The van der Waals surface area contributed by atoms with Crippen LogP contribution in [0.25, 0.3) is 10.9 Å². The number of benzene rings is 2. The van der Waals surface area contributed by atoms with Gasteiger partial charge in [-0.25, -0.2) is 18.0 Å². The zero-order chi connectivity index (χ0) is 30.7. The van der Waals surface area contributed by atoms with Crippen molar-refractivity contribution in [3.8, 4) is 5.75 Å². The van der Waals surface area contributed by atoms with Gasteiger partial charge in [0.05, 0.1) is 24.9 Å². The van der Waals surface area contributed by atoms with E-state index < -0.39 is 29.3 Å². The van der Waals surface area contributed by atoms with Crippen LogP contribution in [0.4, 0.5) is 13.2 Å². The fourth-order valence-electron chi connectivity index (χ4n) is 5.64. The molecule has 2 atom stereocenters. The SMILES string of the molecule is CCOC(=O)COCc1ccc(COc2cc(F)c([C@@H]3c4[nH]c5ccccc5c4C[C@@H](C)N3CC(C)(C)F)c(F)c2)nc1. The number of para-hydroxylation sites is 1. The van der Waals surface area contributed by atoms with E-state index in [2.05, 4.69) is 9.97 Å². The van der Waals surface area contributed by atoms with E-state index in [1.807, 2.05) is 36.1 Å². The highest BCUT2D eigenvalue weighted by Crippen LogP contribution is 2.43. The Morgan fingerprint density at radius 3 is 2.53 bits per heavy atom. The summed E-state index contributed by atoms with van der Waals surface area (Å²) in [5, 5.41) is 0.998. The Bertz CT molecular complexity index is 1560. The lowest BCUT2D eigenvalue weighted by Crippen LogP contribution is -2.48. The first kappa shape index (κ1) is 30.6. The van der Waals surface area contributed by atoms with Gasteiger partial charge in [-0.15, -0.1) is 0 Å². The number of nitrogens with one attached hydrogen (secondary N) is 1. The first-order chi connectivity index (χ1) is 20.5. The van der Waals surface area contributed by atoms with Crippen LogP contribution in [0.3, 0.4) is 0 Å². The van der Waals surface area contributed by atoms with E-state index in [1.54, 1.807) is 25.3 Å². The van der Waals surface area contributed by atoms with Crippen molar-refractivity contribution in [1.82, 2.24) is 14.9 Å². The zero-order valence-corrected chi connectivity index (χ0v) is 24.8. The first-order valence-electron chi connectivity index (χ1n) is 14.4. The predicted octanol–water partition coefficient (Wildman–Crippen LogP) is 6.58. The van der Waals surface area contributed by atoms with Crippen LogP contribution in [-0.4, -0.2) is 52.3 Å². The lowest BCUT2D eigenvalue weighted by Gasteiger charge is -2.43. The number of nitrogens with zero attached hydrogens (tertiary/aromatic N) is 2. The van der Waals surface area contributed by atoms with Crippen molar-refractivity contribution < 1.29 is 32.2 Å². The summed E-state index contributed by atoms with van der Waals surface area (Å²) in [6, 6.07) is 12.5. The Kier molecular flexibility index (Phi) is 9.08. The summed E-state index contributed by atoms with van der Waals surface area (Å²) in [7, 11) is 0. The standard InChI is InChI=1S/C33H36F3N3O4/c1-5-42-29(40)18-41-16-21-10-11-22(37-15-21)17-43-23-13-26(34)30(27(35)14-23)32-31-25(24-8-6-7-9-28(24)38-31)12-20(2)39(32)19-33(3,4)36/h6-11,13-15,20,32,38H,5,12,16-19H2,1-4H3/t20-,32-/m1/s1. The van der Waals surface area contributed by atoms with Gasteiger partial charge >= 0.3 is 5.97 Å². The highest BCUT2D eigenvalue weighted by atomic mass is 19.1. The molecule has 1 N–H and O–H groups in total. The Balaban J connectivity index is 1.36. The molecule has 7 nitrogen and oxygen atoms in total. The molecule has 5 rings (SSSR count). The molecule has 1 aliphatic rings. The van der Waals surface area contributed by atoms with Gasteiger partial charge in [-0.2, -0.15) is 0 Å². The molecule has 0 aliphatic carbocycles. The van der Waals surface area contributed by atoms with Crippen molar-refractivity contribution in [2.75, 3.05) is 19.8 Å². The van der Waals surface area contributed by atoms with Gasteiger partial charge in [0.1, 0.15) is 36.3 Å². The van der Waals surface area contributed by atoms with Gasteiger partial charge in [-0.3, -0.25) is 9.88 Å². The third-order valence-corrected chi connectivity index (χ3v) is 7.47. The van der Waals surface area contributed by atoms with E-state index in [0.29, 0.717) is 17.8 Å². The Hall–Kier alpha value is -3.89. The quantitative estimate of drug-likeness (QED) is 0.197. The summed E-state index contributed by atoms with van der Waals surface area (Å²) in [4.78, 5) is 20.9. The van der Waals surface area contributed by atoms with Gasteiger partial charge in [-0.05, 0) is 57.4 Å². The Morgan fingerprint density at radius 2 is 1.86 bits per heavy atom. The van der Waals surface area contributed by atoms with Crippen LogP contribution in [0.15, 0.2) is 54.7 Å². The highest BCUT2D eigenvalue weighted by molar-refractivity contribution is 5.85. The van der Waals surface area contributed by atoms with E-state index in [4.69, 9.17) is 14.2 Å². The molecule has 0 amide bonds. The minimum absolute atomic E-state index is 0.000298. The summed E-state index contributed by atoms with van der Waals surface area (Å²) < 4.78 is 62.6. The summed E-state index contributed by atoms with van der Waals surface area (Å²) in [5.74, 6) is -1.98. The molecule has 2 aromatic carbocycles. The Morgan fingerprint density at radius 1 is 1.12 bits per heavy atom. The summed E-state index contributed by atoms with van der Waals surface area (Å²) in [5.41, 5.74) is 2.08. The molecule has 10 heteroatoms. The monoisotopic (exact) mass is 595 g/mol. The number of hydrogen-bond donors (Lipinski definition) is 1. The molecule has 3 heterocycles. The second-order valence-electron chi connectivity index (χ2n) is 11.5. The summed E-state index contributed by atoms with van der Waals surface area (Å²) in [6.45, 7) is 6.92. The van der Waals surface area contributed by atoms with Gasteiger partial charge in [0.15, 0.2) is 0 Å². The van der Waals surface area contributed by atoms with E-state index in [9.17, 15) is 9.18 Å². The van der Waals surface area contributed by atoms with Gasteiger partial charge < -0.3 is 19.2 Å². The number of aromatic amines is 1. The van der Waals surface area contributed by atoms with Crippen molar-refractivity contribution in [2.24, 2.45) is 0 Å². The van der Waals surface area contributed by atoms with Crippen molar-refractivity contribution in [2.45, 2.75) is 65.1 Å². The molecule has 1 aliphatic heterocycles. The van der Waals surface area contributed by atoms with Crippen molar-refractivity contribution in [3.05, 3.63) is 94.4 Å². The second kappa shape index (κ2) is 12.8. The minimum atomic E-state index is -1.58. The van der Waals surface area contributed by atoms with Crippen molar-refractivity contribution in [1.29, 1.82) is 0 Å². The molecule has 0 unspecified atom stereocenters. The molecule has 43 heavy (non-hydrogen) atoms. The van der Waals surface area contributed by atoms with E-state index in [-0.39, 0.29) is 50.3 Å².